The summed E-state index contributed by atoms with van der Waals surface area (Å²) in [7, 11) is 0. The second-order valence-corrected chi connectivity index (χ2v) is 30.3. The van der Waals surface area contributed by atoms with Crippen molar-refractivity contribution in [2.75, 3.05) is 147 Å². The first-order valence-corrected chi connectivity index (χ1v) is 47.8. The lowest BCUT2D eigenvalue weighted by atomic mass is 10.0. The van der Waals surface area contributed by atoms with Gasteiger partial charge in [-0.15, -0.1) is 0 Å². The number of thiol groups is 14. The first-order chi connectivity index (χ1) is 52.4. The van der Waals surface area contributed by atoms with E-state index in [-0.39, 0.29) is 23.4 Å². The minimum atomic E-state index is -0.483. The van der Waals surface area contributed by atoms with E-state index in [4.69, 9.17) is 42.6 Å². The molecule has 13 nitrogen and oxygen atoms in total. The number of ether oxygens (including phenoxy) is 9. The molecule has 0 aliphatic carbocycles. The normalized spacial score (nSPS) is 10.3. The van der Waals surface area contributed by atoms with Gasteiger partial charge in [0.15, 0.2) is 0 Å². The fraction of sp³-hybridized carbons (Fsp3) is 0.725. The Balaban J connectivity index is -0.000000656. The monoisotopic (exact) mass is 1760 g/mol. The lowest BCUT2D eigenvalue weighted by Gasteiger charge is -2.09. The highest BCUT2D eigenvalue weighted by Gasteiger charge is 2.13. The Labute approximate surface area is 727 Å². The van der Waals surface area contributed by atoms with Gasteiger partial charge in [-0.1, -0.05) is 141 Å². The average Bonchev–Trinajstić information content (AvgIpc) is 0.867. The van der Waals surface area contributed by atoms with E-state index in [0.717, 1.165) is 145 Å². The van der Waals surface area contributed by atoms with Crippen molar-refractivity contribution in [1.82, 2.24) is 0 Å². The van der Waals surface area contributed by atoms with Gasteiger partial charge in [-0.25, -0.2) is 9.59 Å². The van der Waals surface area contributed by atoms with Crippen LogP contribution in [-0.4, -0.2) is 170 Å². The Kier molecular flexibility index (Phi) is 104. The summed E-state index contributed by atoms with van der Waals surface area (Å²) in [5.41, 5.74) is 0.829. The predicted molar refractivity (Wildman–Crippen MR) is 506 cm³/mol. The molecule has 0 saturated carbocycles. The van der Waals surface area contributed by atoms with Crippen LogP contribution in [0.2, 0.25) is 0 Å². The van der Waals surface area contributed by atoms with Gasteiger partial charge in [-0.05, 0) is 196 Å². The molecule has 0 aliphatic rings. The number of carbonyl (C=O) groups excluding carboxylic acids is 4. The van der Waals surface area contributed by atoms with Crippen LogP contribution in [0.4, 0.5) is 0 Å². The molecule has 0 heterocycles. The van der Waals surface area contributed by atoms with Crippen molar-refractivity contribution < 1.29 is 61.8 Å². The highest BCUT2D eigenvalue weighted by molar-refractivity contribution is 7.82. The number of hydrogen-bond acceptors (Lipinski definition) is 27. The van der Waals surface area contributed by atoms with E-state index in [9.17, 15) is 19.2 Å². The maximum absolute atomic E-state index is 12.5. The standard InChI is InChI=1S/C32H38O6S2.C16H34S2.C8H14O4S2.C8H18S2.C6H14O2S2.C6H14S2.C4H10OS2/c33-31(25-9-13-27(14-10-25)35-21-5-1-3-7-23-39)37-29-17-19-30(20-18-29)38-32(34)26-11-15-28(16-12-26)36-22-6-2-4-8-24-40;17-15-13-11-9-7-5-3-1-2-4-6-8-10-12-14-16-18;9-7(5-13)11-3-1-2-4-12-8(10)6-14;9-7-5-3-1-2-4-6-8-10;9-5-3-7-1-2-8-4-6-10;7-5-3-1-2-4-6-8;6-3-1-5-2-4-7/h9-20,39-40H,1-8,21-24H2;17-18H,1-16H2;13-14H,1-6H2;9-10H,1-8H2;9-10H,1-6H2;7-8H,1-6H2;6-7H,1-4H2. The van der Waals surface area contributed by atoms with Gasteiger partial charge in [0.1, 0.15) is 23.0 Å². The summed E-state index contributed by atoms with van der Waals surface area (Å²) < 4.78 is 47.1. The van der Waals surface area contributed by atoms with E-state index < -0.39 is 11.9 Å². The van der Waals surface area contributed by atoms with Crippen LogP contribution in [0.25, 0.3) is 0 Å². The Bertz CT molecular complexity index is 2100. The van der Waals surface area contributed by atoms with Crippen molar-refractivity contribution in [3.05, 3.63) is 83.9 Å². The molecule has 107 heavy (non-hydrogen) atoms. The van der Waals surface area contributed by atoms with Gasteiger partial charge in [0.2, 0.25) is 0 Å². The summed E-state index contributed by atoms with van der Waals surface area (Å²) in [6.45, 7) is 6.18. The molecule has 0 saturated heterocycles. The molecule has 0 N–H and O–H groups in total. The van der Waals surface area contributed by atoms with E-state index >= 15 is 0 Å². The molecular weight excluding hydrogens is 1620 g/mol. The number of hydrogen-bond donors (Lipinski definition) is 14. The zero-order valence-corrected chi connectivity index (χ0v) is 77.0. The molecule has 0 radical (unpaired) electrons. The van der Waals surface area contributed by atoms with E-state index in [1.54, 1.807) is 72.8 Å². The van der Waals surface area contributed by atoms with Gasteiger partial charge in [-0.3, -0.25) is 9.59 Å². The molecule has 3 rings (SSSR count). The number of rotatable bonds is 63. The zero-order valence-electron chi connectivity index (χ0n) is 64.5. The van der Waals surface area contributed by atoms with Crippen LogP contribution in [0.3, 0.4) is 0 Å². The lowest BCUT2D eigenvalue weighted by molar-refractivity contribution is -0.142. The highest BCUT2D eigenvalue weighted by atomic mass is 32.1. The third-order valence-electron chi connectivity index (χ3n) is 14.9. The Morgan fingerprint density at radius 3 is 0.617 bits per heavy atom. The summed E-state index contributed by atoms with van der Waals surface area (Å²) in [5, 5.41) is 0. The number of unbranched alkanes of at least 4 members (excludes halogenated alkanes) is 28. The topological polar surface area (TPSA) is 151 Å². The maximum Gasteiger partial charge on any atom is 0.343 e. The Morgan fingerprint density at radius 1 is 0.206 bits per heavy atom. The fourth-order valence-corrected chi connectivity index (χ4v) is 11.5. The Morgan fingerprint density at radius 2 is 0.402 bits per heavy atom. The first-order valence-electron chi connectivity index (χ1n) is 38.9. The second kappa shape index (κ2) is 98.3. The van der Waals surface area contributed by atoms with Crippen molar-refractivity contribution in [2.45, 2.75) is 218 Å². The van der Waals surface area contributed by atoms with Crippen molar-refractivity contribution in [2.24, 2.45) is 0 Å². The van der Waals surface area contributed by atoms with Gasteiger partial charge in [-0.2, -0.15) is 177 Å². The number of carbonyl (C=O) groups is 4. The fourth-order valence-electron chi connectivity index (χ4n) is 9.00. The van der Waals surface area contributed by atoms with Gasteiger partial charge >= 0.3 is 23.9 Å². The third kappa shape index (κ3) is 89.7. The van der Waals surface area contributed by atoms with E-state index in [1.807, 2.05) is 0 Å². The predicted octanol–water partition coefficient (Wildman–Crippen LogP) is 22.2. The molecule has 0 aromatic heterocycles. The number of benzene rings is 3. The third-order valence-corrected chi connectivity index (χ3v) is 18.7. The summed E-state index contributed by atoms with van der Waals surface area (Å²) >= 11 is 56.8. The number of esters is 4. The minimum absolute atomic E-state index is 0.0919. The molecule has 27 heteroatoms. The van der Waals surface area contributed by atoms with Crippen LogP contribution < -0.4 is 18.9 Å². The largest absolute Gasteiger partial charge is 0.494 e. The minimum Gasteiger partial charge on any atom is -0.494 e. The first kappa shape index (κ1) is 113. The Hall–Kier alpha value is -0.0800. The van der Waals surface area contributed by atoms with Crippen LogP contribution in [0.5, 0.6) is 23.0 Å². The molecule has 0 bridgehead atoms. The van der Waals surface area contributed by atoms with Gasteiger partial charge in [0, 0.05) is 23.0 Å². The van der Waals surface area contributed by atoms with Gasteiger partial charge < -0.3 is 42.6 Å². The molecule has 0 amide bonds. The molecule has 0 unspecified atom stereocenters. The molecule has 3 aromatic rings. The summed E-state index contributed by atoms with van der Waals surface area (Å²) in [6.07, 6.45) is 43.2. The lowest BCUT2D eigenvalue weighted by Crippen LogP contribution is -2.09. The van der Waals surface area contributed by atoms with Crippen LogP contribution in [-0.2, 0) is 33.3 Å². The van der Waals surface area contributed by atoms with Gasteiger partial charge in [0.25, 0.3) is 0 Å². The SMILES string of the molecule is O=C(CS)OCCCCOC(=O)CS.O=C(Oc1ccc(OC(=O)c2ccc(OCCCCCCS)cc2)cc1)c1ccc(OCCCCCCS)cc1.SCCCCCCCCCCCCCCCCS.SCCCCCCCCS.SCCCCCCS.SCCOCCOCCS.SCCOCCS. The molecule has 3 aromatic carbocycles. The molecule has 624 valence electrons. The molecular formula is C80H142O13S14. The summed E-state index contributed by atoms with van der Waals surface area (Å²) in [5.74, 6) is 11.9. The van der Waals surface area contributed by atoms with Crippen molar-refractivity contribution in [1.29, 1.82) is 0 Å². The maximum atomic E-state index is 12.5. The van der Waals surface area contributed by atoms with E-state index in [1.165, 1.54) is 154 Å². The van der Waals surface area contributed by atoms with Crippen molar-refractivity contribution in [3.63, 3.8) is 0 Å². The molecule has 0 atom stereocenters. The highest BCUT2D eigenvalue weighted by Crippen LogP contribution is 2.23. The van der Waals surface area contributed by atoms with Crippen molar-refractivity contribution >= 4 is 201 Å². The van der Waals surface area contributed by atoms with Crippen LogP contribution in [0, 0.1) is 0 Å². The molecule has 0 aliphatic heterocycles. The smallest absolute Gasteiger partial charge is 0.343 e. The van der Waals surface area contributed by atoms with Gasteiger partial charge in [0.05, 0.1) is 88.7 Å². The molecule has 0 fully saturated rings. The van der Waals surface area contributed by atoms with Crippen LogP contribution >= 0.6 is 177 Å². The van der Waals surface area contributed by atoms with Crippen molar-refractivity contribution in [3.8, 4) is 23.0 Å². The average molecular weight is 1760 g/mol. The summed E-state index contributed by atoms with van der Waals surface area (Å²) in [6, 6.07) is 20.1. The molecule has 0 spiro atoms. The zero-order chi connectivity index (χ0) is 79.6. The van der Waals surface area contributed by atoms with E-state index in [0.29, 0.717) is 88.3 Å². The second-order valence-electron chi connectivity index (χ2n) is 24.3. The summed E-state index contributed by atoms with van der Waals surface area (Å²) in [4.78, 5) is 46.2. The van der Waals surface area contributed by atoms with E-state index in [2.05, 4.69) is 177 Å². The quantitative estimate of drug-likeness (QED) is 0.0113. The van der Waals surface area contributed by atoms with Crippen LogP contribution in [0.15, 0.2) is 72.8 Å². The van der Waals surface area contributed by atoms with Crippen LogP contribution in [0.1, 0.15) is 239 Å².